The fourth-order valence-electron chi connectivity index (χ4n) is 1.40. The van der Waals surface area contributed by atoms with E-state index >= 15 is 0 Å². The van der Waals surface area contributed by atoms with Crippen LogP contribution in [0.1, 0.15) is 6.92 Å². The van der Waals surface area contributed by atoms with E-state index in [9.17, 15) is 4.79 Å². The highest BCUT2D eigenvalue weighted by Crippen LogP contribution is 2.24. The summed E-state index contributed by atoms with van der Waals surface area (Å²) in [5.41, 5.74) is 0.824. The lowest BCUT2D eigenvalue weighted by atomic mass is 10.2. The minimum atomic E-state index is -0.0293. The van der Waals surface area contributed by atoms with Gasteiger partial charge in [0.2, 0.25) is 5.88 Å². The quantitative estimate of drug-likeness (QED) is 0.614. The number of rotatable bonds is 4. The molecule has 0 atom stereocenters. The van der Waals surface area contributed by atoms with Gasteiger partial charge in [0.15, 0.2) is 10.9 Å². The summed E-state index contributed by atoms with van der Waals surface area (Å²) in [6.45, 7) is 1.52. The van der Waals surface area contributed by atoms with Gasteiger partial charge in [-0.1, -0.05) is 23.9 Å². The third kappa shape index (κ3) is 2.74. The predicted molar refractivity (Wildman–Crippen MR) is 67.5 cm³/mol. The van der Waals surface area contributed by atoms with E-state index in [1.807, 2.05) is 30.5 Å². The van der Waals surface area contributed by atoms with Crippen molar-refractivity contribution in [2.24, 2.45) is 0 Å². The number of Topliss-reactive ketones (excluding diaryl/α,β-unsaturated/α-hetero) is 1. The second-order valence-corrected chi connectivity index (χ2v) is 4.30. The SMILES string of the molecule is CSc1nc(OCC(C)=O)c2ccccc2n1. The van der Waals surface area contributed by atoms with Crippen LogP contribution in [0, 0.1) is 0 Å². The van der Waals surface area contributed by atoms with Crippen molar-refractivity contribution in [2.75, 3.05) is 12.9 Å². The van der Waals surface area contributed by atoms with E-state index in [1.165, 1.54) is 18.7 Å². The molecule has 88 valence electrons. The fraction of sp³-hybridized carbons (Fsp3) is 0.250. The van der Waals surface area contributed by atoms with Gasteiger partial charge in [0.25, 0.3) is 0 Å². The summed E-state index contributed by atoms with van der Waals surface area (Å²) in [5, 5.41) is 1.47. The monoisotopic (exact) mass is 248 g/mol. The molecule has 0 aliphatic rings. The lowest BCUT2D eigenvalue weighted by Crippen LogP contribution is -2.08. The highest BCUT2D eigenvalue weighted by Gasteiger charge is 2.08. The molecule has 0 spiro atoms. The first kappa shape index (κ1) is 11.9. The Labute approximate surface area is 103 Å². The normalized spacial score (nSPS) is 10.5. The molecule has 4 nitrogen and oxygen atoms in total. The van der Waals surface area contributed by atoms with Crippen LogP contribution in [0.3, 0.4) is 0 Å². The van der Waals surface area contributed by atoms with Gasteiger partial charge in [0, 0.05) is 0 Å². The van der Waals surface area contributed by atoms with E-state index in [2.05, 4.69) is 9.97 Å². The van der Waals surface area contributed by atoms with Crippen LogP contribution in [0.2, 0.25) is 0 Å². The number of benzene rings is 1. The topological polar surface area (TPSA) is 52.1 Å². The number of ketones is 1. The molecule has 0 aliphatic heterocycles. The van der Waals surface area contributed by atoms with Gasteiger partial charge in [0.05, 0.1) is 10.9 Å². The lowest BCUT2D eigenvalue weighted by Gasteiger charge is -2.07. The Kier molecular flexibility index (Phi) is 3.58. The Bertz CT molecular complexity index is 557. The van der Waals surface area contributed by atoms with Gasteiger partial charge < -0.3 is 4.74 Å². The van der Waals surface area contributed by atoms with E-state index in [1.54, 1.807) is 0 Å². The van der Waals surface area contributed by atoms with E-state index in [0.29, 0.717) is 11.0 Å². The zero-order chi connectivity index (χ0) is 12.3. The Morgan fingerprint density at radius 3 is 2.82 bits per heavy atom. The van der Waals surface area contributed by atoms with Gasteiger partial charge >= 0.3 is 0 Å². The number of carbonyl (C=O) groups is 1. The molecule has 0 unspecified atom stereocenters. The molecule has 5 heteroatoms. The summed E-state index contributed by atoms with van der Waals surface area (Å²) in [6, 6.07) is 7.59. The van der Waals surface area contributed by atoms with Crippen LogP contribution in [0.25, 0.3) is 10.9 Å². The van der Waals surface area contributed by atoms with Crippen molar-refractivity contribution in [3.63, 3.8) is 0 Å². The number of fused-ring (bicyclic) bond motifs is 1. The van der Waals surface area contributed by atoms with Crippen LogP contribution in [-0.4, -0.2) is 28.6 Å². The Morgan fingerprint density at radius 1 is 1.35 bits per heavy atom. The maximum absolute atomic E-state index is 10.9. The Hall–Kier alpha value is -1.62. The van der Waals surface area contributed by atoms with Crippen LogP contribution in [-0.2, 0) is 4.79 Å². The Balaban J connectivity index is 2.46. The number of thioether (sulfide) groups is 1. The van der Waals surface area contributed by atoms with Crippen LogP contribution in [0.15, 0.2) is 29.4 Å². The number of nitrogens with zero attached hydrogens (tertiary/aromatic N) is 2. The van der Waals surface area contributed by atoms with E-state index in [-0.39, 0.29) is 12.4 Å². The van der Waals surface area contributed by atoms with E-state index in [0.717, 1.165) is 10.9 Å². The van der Waals surface area contributed by atoms with E-state index < -0.39 is 0 Å². The second-order valence-electron chi connectivity index (χ2n) is 3.52. The molecular formula is C12H12N2O2S. The van der Waals surface area contributed by atoms with Crippen LogP contribution in [0.5, 0.6) is 5.88 Å². The molecule has 1 aromatic heterocycles. The van der Waals surface area contributed by atoms with Crippen LogP contribution < -0.4 is 4.74 Å². The largest absolute Gasteiger partial charge is 0.469 e. The minimum Gasteiger partial charge on any atom is -0.469 e. The van der Waals surface area contributed by atoms with Gasteiger partial charge in [-0.15, -0.1) is 0 Å². The smallest absolute Gasteiger partial charge is 0.225 e. The van der Waals surface area contributed by atoms with Gasteiger partial charge in [0.1, 0.15) is 6.61 Å². The van der Waals surface area contributed by atoms with Crippen molar-refractivity contribution in [3.8, 4) is 5.88 Å². The van der Waals surface area contributed by atoms with Crippen molar-refractivity contribution in [1.29, 1.82) is 0 Å². The zero-order valence-electron chi connectivity index (χ0n) is 9.64. The summed E-state index contributed by atoms with van der Waals surface area (Å²) >= 11 is 1.44. The van der Waals surface area contributed by atoms with Crippen molar-refractivity contribution in [2.45, 2.75) is 12.1 Å². The number of para-hydroxylation sites is 1. The zero-order valence-corrected chi connectivity index (χ0v) is 10.5. The summed E-state index contributed by atoms with van der Waals surface area (Å²) in [7, 11) is 0. The van der Waals surface area contributed by atoms with Crippen molar-refractivity contribution in [3.05, 3.63) is 24.3 Å². The number of aromatic nitrogens is 2. The molecule has 0 saturated heterocycles. The molecule has 0 fully saturated rings. The highest BCUT2D eigenvalue weighted by molar-refractivity contribution is 7.98. The maximum atomic E-state index is 10.9. The Morgan fingerprint density at radius 2 is 2.12 bits per heavy atom. The molecule has 0 N–H and O–H groups in total. The molecule has 1 aromatic carbocycles. The van der Waals surface area contributed by atoms with Gasteiger partial charge in [-0.3, -0.25) is 4.79 Å². The minimum absolute atomic E-state index is 0.0293. The number of hydrogen-bond acceptors (Lipinski definition) is 5. The predicted octanol–water partition coefficient (Wildman–Crippen LogP) is 2.32. The summed E-state index contributed by atoms with van der Waals surface area (Å²) in [6.07, 6.45) is 1.90. The third-order valence-corrected chi connectivity index (χ3v) is 2.69. The van der Waals surface area contributed by atoms with Crippen LogP contribution in [0.4, 0.5) is 0 Å². The first-order valence-electron chi connectivity index (χ1n) is 5.13. The summed E-state index contributed by atoms with van der Waals surface area (Å²) in [5.74, 6) is 0.438. The standard InChI is InChI=1S/C12H12N2O2S/c1-8(15)7-16-11-9-5-3-4-6-10(9)13-12(14-11)17-2/h3-6H,7H2,1-2H3. The number of ether oxygens (including phenoxy) is 1. The molecule has 2 rings (SSSR count). The molecule has 0 radical (unpaired) electrons. The fourth-order valence-corrected chi connectivity index (χ4v) is 1.76. The average molecular weight is 248 g/mol. The molecule has 0 amide bonds. The lowest BCUT2D eigenvalue weighted by molar-refractivity contribution is -0.118. The first-order chi connectivity index (χ1) is 8.20. The molecule has 0 bridgehead atoms. The summed E-state index contributed by atoms with van der Waals surface area (Å²) in [4.78, 5) is 19.6. The van der Waals surface area contributed by atoms with Crippen molar-refractivity contribution in [1.82, 2.24) is 9.97 Å². The van der Waals surface area contributed by atoms with E-state index in [4.69, 9.17) is 4.74 Å². The van der Waals surface area contributed by atoms with Gasteiger partial charge in [-0.05, 0) is 25.3 Å². The van der Waals surface area contributed by atoms with Gasteiger partial charge in [-0.2, -0.15) is 4.98 Å². The highest BCUT2D eigenvalue weighted by atomic mass is 32.2. The maximum Gasteiger partial charge on any atom is 0.225 e. The molecule has 1 heterocycles. The average Bonchev–Trinajstić information content (AvgIpc) is 2.35. The first-order valence-corrected chi connectivity index (χ1v) is 6.36. The molecule has 2 aromatic rings. The number of carbonyl (C=O) groups excluding carboxylic acids is 1. The molecular weight excluding hydrogens is 236 g/mol. The van der Waals surface area contributed by atoms with Crippen molar-refractivity contribution < 1.29 is 9.53 Å². The summed E-state index contributed by atoms with van der Waals surface area (Å²) < 4.78 is 5.41. The third-order valence-electron chi connectivity index (χ3n) is 2.14. The second kappa shape index (κ2) is 5.14. The van der Waals surface area contributed by atoms with Crippen molar-refractivity contribution >= 4 is 28.4 Å². The number of hydrogen-bond donors (Lipinski definition) is 0. The molecule has 0 aliphatic carbocycles. The molecule has 0 saturated carbocycles. The van der Waals surface area contributed by atoms with Gasteiger partial charge in [-0.25, -0.2) is 4.98 Å². The van der Waals surface area contributed by atoms with Crippen LogP contribution >= 0.6 is 11.8 Å². The molecule has 17 heavy (non-hydrogen) atoms.